The second-order valence-electron chi connectivity index (χ2n) is 5.56. The van der Waals surface area contributed by atoms with E-state index in [1.165, 1.54) is 6.07 Å². The molecule has 0 heterocycles. The van der Waals surface area contributed by atoms with Crippen LogP contribution >= 0.6 is 11.6 Å². The smallest absolute Gasteiger partial charge is 0.179 e. The van der Waals surface area contributed by atoms with Gasteiger partial charge >= 0.3 is 0 Å². The molecule has 0 amide bonds. The lowest BCUT2D eigenvalue weighted by molar-refractivity contribution is 0.112. The van der Waals surface area contributed by atoms with Crippen LogP contribution in [0.5, 0.6) is 23.0 Å². The van der Waals surface area contributed by atoms with Crippen LogP contribution in [0.25, 0.3) is 0 Å². The van der Waals surface area contributed by atoms with Crippen LogP contribution in [0.3, 0.4) is 0 Å². The Morgan fingerprint density at radius 1 is 1.04 bits per heavy atom. The summed E-state index contributed by atoms with van der Waals surface area (Å²) in [7, 11) is 1.60. The summed E-state index contributed by atoms with van der Waals surface area (Å²) in [5, 5.41) is 0.314. The SMILES string of the molecule is C=CCc1ccc(OCCOc2c(Cl)cc(C=O)cc2OCC)c(OC)c1. The zero-order chi connectivity index (χ0) is 19.6. The minimum Gasteiger partial charge on any atom is -0.493 e. The van der Waals surface area contributed by atoms with E-state index in [4.69, 9.17) is 30.5 Å². The number of aldehydes is 1. The van der Waals surface area contributed by atoms with Crippen molar-refractivity contribution < 1.29 is 23.7 Å². The Balaban J connectivity index is 2.01. The molecule has 2 aromatic carbocycles. The van der Waals surface area contributed by atoms with Crippen molar-refractivity contribution in [2.75, 3.05) is 26.9 Å². The van der Waals surface area contributed by atoms with Crippen molar-refractivity contribution in [1.82, 2.24) is 0 Å². The number of halogens is 1. The Labute approximate surface area is 164 Å². The van der Waals surface area contributed by atoms with Gasteiger partial charge in [0.15, 0.2) is 23.0 Å². The van der Waals surface area contributed by atoms with Gasteiger partial charge in [0.2, 0.25) is 0 Å². The fraction of sp³-hybridized carbons (Fsp3) is 0.286. The lowest BCUT2D eigenvalue weighted by Gasteiger charge is -2.15. The van der Waals surface area contributed by atoms with Gasteiger partial charge in [-0.25, -0.2) is 0 Å². The molecule has 0 radical (unpaired) electrons. The summed E-state index contributed by atoms with van der Waals surface area (Å²) < 4.78 is 22.4. The van der Waals surface area contributed by atoms with Gasteiger partial charge in [0.05, 0.1) is 18.7 Å². The van der Waals surface area contributed by atoms with E-state index >= 15 is 0 Å². The standard InChI is InChI=1S/C21H23ClO5/c1-4-6-15-7-8-18(19(12-15)24-3)26-9-10-27-21-17(22)11-16(14-23)13-20(21)25-5-2/h4,7-8,11-14H,1,5-6,9-10H2,2-3H3. The van der Waals surface area contributed by atoms with E-state index in [0.29, 0.717) is 46.5 Å². The van der Waals surface area contributed by atoms with Crippen molar-refractivity contribution in [2.45, 2.75) is 13.3 Å². The summed E-state index contributed by atoms with van der Waals surface area (Å²) in [6, 6.07) is 8.87. The van der Waals surface area contributed by atoms with Crippen molar-refractivity contribution in [2.24, 2.45) is 0 Å². The highest BCUT2D eigenvalue weighted by Gasteiger charge is 2.13. The number of methoxy groups -OCH3 is 1. The number of ether oxygens (including phenoxy) is 4. The Kier molecular flexibility index (Phi) is 8.01. The van der Waals surface area contributed by atoms with Crippen LogP contribution in [-0.2, 0) is 6.42 Å². The van der Waals surface area contributed by atoms with Crippen molar-refractivity contribution >= 4 is 17.9 Å². The van der Waals surface area contributed by atoms with E-state index in [1.807, 2.05) is 31.2 Å². The van der Waals surface area contributed by atoms with Gasteiger partial charge in [-0.3, -0.25) is 4.79 Å². The largest absolute Gasteiger partial charge is 0.493 e. The second-order valence-corrected chi connectivity index (χ2v) is 5.96. The summed E-state index contributed by atoms with van der Waals surface area (Å²) >= 11 is 6.21. The zero-order valence-electron chi connectivity index (χ0n) is 15.5. The van der Waals surface area contributed by atoms with Crippen LogP contribution < -0.4 is 18.9 Å². The molecule has 0 saturated carbocycles. The Hall–Kier alpha value is -2.66. The van der Waals surface area contributed by atoms with Crippen LogP contribution in [0.1, 0.15) is 22.8 Å². The van der Waals surface area contributed by atoms with Crippen LogP contribution in [0.15, 0.2) is 43.0 Å². The number of hydrogen-bond donors (Lipinski definition) is 0. The van der Waals surface area contributed by atoms with Crippen molar-refractivity contribution in [3.8, 4) is 23.0 Å². The molecule has 0 spiro atoms. The van der Waals surface area contributed by atoms with E-state index in [1.54, 1.807) is 13.2 Å². The van der Waals surface area contributed by atoms with Gasteiger partial charge < -0.3 is 18.9 Å². The Morgan fingerprint density at radius 2 is 1.81 bits per heavy atom. The minimum absolute atomic E-state index is 0.248. The van der Waals surface area contributed by atoms with Crippen LogP contribution in [0.2, 0.25) is 5.02 Å². The van der Waals surface area contributed by atoms with Gasteiger partial charge in [0.1, 0.15) is 19.5 Å². The maximum absolute atomic E-state index is 11.0. The maximum Gasteiger partial charge on any atom is 0.179 e. The Morgan fingerprint density at radius 3 is 2.48 bits per heavy atom. The monoisotopic (exact) mass is 390 g/mol. The lowest BCUT2D eigenvalue weighted by atomic mass is 10.1. The number of allylic oxidation sites excluding steroid dienone is 1. The molecule has 0 N–H and O–H groups in total. The lowest BCUT2D eigenvalue weighted by Crippen LogP contribution is -2.11. The molecule has 2 aromatic rings. The first-order chi connectivity index (χ1) is 13.1. The molecule has 6 heteroatoms. The molecule has 0 atom stereocenters. The third kappa shape index (κ3) is 5.66. The number of rotatable bonds is 11. The molecule has 0 aliphatic heterocycles. The first-order valence-electron chi connectivity index (χ1n) is 8.57. The number of carbonyl (C=O) groups is 1. The van der Waals surface area contributed by atoms with E-state index in [2.05, 4.69) is 6.58 Å². The van der Waals surface area contributed by atoms with Crippen molar-refractivity contribution in [3.05, 3.63) is 59.1 Å². The average molecular weight is 391 g/mol. The first-order valence-corrected chi connectivity index (χ1v) is 8.95. The zero-order valence-corrected chi connectivity index (χ0v) is 16.3. The highest BCUT2D eigenvalue weighted by molar-refractivity contribution is 6.32. The molecule has 0 aliphatic rings. The highest BCUT2D eigenvalue weighted by Crippen LogP contribution is 2.36. The van der Waals surface area contributed by atoms with E-state index in [0.717, 1.165) is 12.0 Å². The topological polar surface area (TPSA) is 54.0 Å². The quantitative estimate of drug-likeness (QED) is 0.315. The van der Waals surface area contributed by atoms with Gasteiger partial charge in [-0.2, -0.15) is 0 Å². The van der Waals surface area contributed by atoms with E-state index in [9.17, 15) is 4.79 Å². The van der Waals surface area contributed by atoms with Crippen LogP contribution in [0, 0.1) is 0 Å². The normalized spacial score (nSPS) is 10.2. The molecule has 27 heavy (non-hydrogen) atoms. The van der Waals surface area contributed by atoms with Gasteiger partial charge in [0, 0.05) is 5.56 Å². The third-order valence-electron chi connectivity index (χ3n) is 3.66. The van der Waals surface area contributed by atoms with Crippen LogP contribution in [-0.4, -0.2) is 33.2 Å². The second kappa shape index (κ2) is 10.5. The highest BCUT2D eigenvalue weighted by atomic mass is 35.5. The predicted molar refractivity (Wildman–Crippen MR) is 106 cm³/mol. The summed E-state index contributed by atoms with van der Waals surface area (Å²) in [4.78, 5) is 11.0. The number of carbonyl (C=O) groups excluding carboxylic acids is 1. The first kappa shape index (κ1) is 20.6. The molecular weight excluding hydrogens is 368 g/mol. The molecule has 0 aliphatic carbocycles. The molecule has 0 fully saturated rings. The Bertz CT molecular complexity index is 788. The van der Waals surface area contributed by atoms with Gasteiger partial charge in [0.25, 0.3) is 0 Å². The average Bonchev–Trinajstić information content (AvgIpc) is 2.67. The van der Waals surface area contributed by atoms with Gasteiger partial charge in [-0.1, -0.05) is 23.7 Å². The molecule has 144 valence electrons. The molecule has 0 bridgehead atoms. The molecular formula is C21H23ClO5. The fourth-order valence-corrected chi connectivity index (χ4v) is 2.75. The fourth-order valence-electron chi connectivity index (χ4n) is 2.48. The molecule has 2 rings (SSSR count). The van der Waals surface area contributed by atoms with Gasteiger partial charge in [-0.05, 0) is 43.2 Å². The molecule has 5 nitrogen and oxygen atoms in total. The maximum atomic E-state index is 11.0. The van der Waals surface area contributed by atoms with Crippen molar-refractivity contribution in [1.29, 1.82) is 0 Å². The van der Waals surface area contributed by atoms with E-state index in [-0.39, 0.29) is 13.2 Å². The molecule has 0 saturated heterocycles. The summed E-state index contributed by atoms with van der Waals surface area (Å²) in [6.07, 6.45) is 3.30. The number of hydrogen-bond acceptors (Lipinski definition) is 5. The predicted octanol–water partition coefficient (Wildman–Crippen LogP) is 4.75. The molecule has 0 aromatic heterocycles. The van der Waals surface area contributed by atoms with E-state index < -0.39 is 0 Å². The van der Waals surface area contributed by atoms with Crippen LogP contribution in [0.4, 0.5) is 0 Å². The minimum atomic E-state index is 0.248. The van der Waals surface area contributed by atoms with Gasteiger partial charge in [-0.15, -0.1) is 6.58 Å². The van der Waals surface area contributed by atoms with Crippen molar-refractivity contribution in [3.63, 3.8) is 0 Å². The number of benzene rings is 2. The summed E-state index contributed by atoms with van der Waals surface area (Å²) in [5.74, 6) is 2.10. The third-order valence-corrected chi connectivity index (χ3v) is 3.94. The summed E-state index contributed by atoms with van der Waals surface area (Å²) in [6.45, 7) is 6.54. The molecule has 0 unspecified atom stereocenters. The summed E-state index contributed by atoms with van der Waals surface area (Å²) in [5.41, 5.74) is 1.52.